The molecule has 0 aliphatic carbocycles. The Morgan fingerprint density at radius 3 is 2.87 bits per heavy atom. The highest BCUT2D eigenvalue weighted by Crippen LogP contribution is 2.28. The number of rotatable bonds is 7. The number of hydrogen-bond donors (Lipinski definition) is 1. The summed E-state index contributed by atoms with van der Waals surface area (Å²) in [6, 6.07) is 4.81. The summed E-state index contributed by atoms with van der Waals surface area (Å²) in [6.07, 6.45) is 0.811. The third-order valence-electron chi connectivity index (χ3n) is 2.79. The standard InChI is InChI=1S/C14H14Cl3N3O2S/c1-8(22-11-5-4-9(16)7-10(11)17)13(21)18-14-20-19-12(23-14)3-2-6-15/h4-5,7-8H,2-3,6H2,1H3,(H,18,20,21). The SMILES string of the molecule is CC(Oc1ccc(Cl)cc1Cl)C(=O)Nc1nnc(CCCCl)s1. The number of ether oxygens (including phenoxy) is 1. The summed E-state index contributed by atoms with van der Waals surface area (Å²) in [7, 11) is 0. The molecule has 9 heteroatoms. The molecule has 1 N–H and O–H groups in total. The minimum absolute atomic E-state index is 0.337. The van der Waals surface area contributed by atoms with Gasteiger partial charge in [0.05, 0.1) is 5.02 Å². The van der Waals surface area contributed by atoms with Crippen molar-refractivity contribution in [3.05, 3.63) is 33.3 Å². The van der Waals surface area contributed by atoms with E-state index >= 15 is 0 Å². The van der Waals surface area contributed by atoms with E-state index in [1.165, 1.54) is 11.3 Å². The van der Waals surface area contributed by atoms with E-state index in [9.17, 15) is 4.79 Å². The van der Waals surface area contributed by atoms with Crippen LogP contribution in [0, 0.1) is 0 Å². The molecule has 23 heavy (non-hydrogen) atoms. The molecular formula is C14H14Cl3N3O2S. The first-order valence-electron chi connectivity index (χ1n) is 6.80. The molecule has 0 radical (unpaired) electrons. The van der Waals surface area contributed by atoms with Crippen LogP contribution in [0.4, 0.5) is 5.13 Å². The predicted molar refractivity (Wildman–Crippen MR) is 94.1 cm³/mol. The lowest BCUT2D eigenvalue weighted by Gasteiger charge is -2.14. The number of aromatic nitrogens is 2. The van der Waals surface area contributed by atoms with Gasteiger partial charge in [-0.15, -0.1) is 21.8 Å². The summed E-state index contributed by atoms with van der Waals surface area (Å²) in [5.74, 6) is 0.614. The lowest BCUT2D eigenvalue weighted by Crippen LogP contribution is -2.30. The molecule has 0 saturated carbocycles. The fraction of sp³-hybridized carbons (Fsp3) is 0.357. The average molecular weight is 395 g/mol. The third kappa shape index (κ3) is 5.49. The highest BCUT2D eigenvalue weighted by molar-refractivity contribution is 7.15. The molecule has 2 aromatic rings. The first-order chi connectivity index (χ1) is 11.0. The molecule has 1 amide bonds. The van der Waals surface area contributed by atoms with E-state index in [0.29, 0.717) is 26.8 Å². The number of benzene rings is 1. The Morgan fingerprint density at radius 1 is 1.39 bits per heavy atom. The van der Waals surface area contributed by atoms with E-state index in [1.807, 2.05) is 0 Å². The van der Waals surface area contributed by atoms with Crippen LogP contribution in [0.25, 0.3) is 0 Å². The average Bonchev–Trinajstić information content (AvgIpc) is 2.95. The highest BCUT2D eigenvalue weighted by atomic mass is 35.5. The lowest BCUT2D eigenvalue weighted by atomic mass is 10.3. The molecule has 0 bridgehead atoms. The number of hydrogen-bond acceptors (Lipinski definition) is 5. The number of nitrogens with zero attached hydrogens (tertiary/aromatic N) is 2. The van der Waals surface area contributed by atoms with E-state index in [1.54, 1.807) is 25.1 Å². The molecule has 1 unspecified atom stereocenters. The van der Waals surface area contributed by atoms with Crippen molar-refractivity contribution in [1.29, 1.82) is 0 Å². The van der Waals surface area contributed by atoms with E-state index < -0.39 is 6.10 Å². The number of halogens is 3. The minimum atomic E-state index is -0.746. The molecule has 0 saturated heterocycles. The fourth-order valence-corrected chi connectivity index (χ4v) is 3.02. The van der Waals surface area contributed by atoms with Gasteiger partial charge in [-0.3, -0.25) is 10.1 Å². The maximum atomic E-state index is 12.1. The van der Waals surface area contributed by atoms with Gasteiger partial charge >= 0.3 is 0 Å². The van der Waals surface area contributed by atoms with Gasteiger partial charge in [0.1, 0.15) is 10.8 Å². The molecule has 1 aromatic carbocycles. The summed E-state index contributed by atoms with van der Waals surface area (Å²) in [6.45, 7) is 1.62. The van der Waals surface area contributed by atoms with Gasteiger partial charge in [0.15, 0.2) is 6.10 Å². The second-order valence-electron chi connectivity index (χ2n) is 4.62. The van der Waals surface area contributed by atoms with Gasteiger partial charge in [0.25, 0.3) is 5.91 Å². The van der Waals surface area contributed by atoms with Crippen molar-refractivity contribution in [1.82, 2.24) is 10.2 Å². The Kier molecular flexibility index (Phi) is 6.89. The number of amides is 1. The highest BCUT2D eigenvalue weighted by Gasteiger charge is 2.18. The quantitative estimate of drug-likeness (QED) is 0.706. The van der Waals surface area contributed by atoms with E-state index in [2.05, 4.69) is 15.5 Å². The summed E-state index contributed by atoms with van der Waals surface area (Å²) in [4.78, 5) is 12.1. The van der Waals surface area contributed by atoms with Crippen molar-refractivity contribution in [2.45, 2.75) is 25.9 Å². The number of aryl methyl sites for hydroxylation is 1. The molecular weight excluding hydrogens is 381 g/mol. The van der Waals surface area contributed by atoms with Gasteiger partial charge < -0.3 is 4.74 Å². The monoisotopic (exact) mass is 393 g/mol. The normalized spacial score (nSPS) is 12.0. The molecule has 0 aliphatic rings. The van der Waals surface area contributed by atoms with E-state index in [0.717, 1.165) is 17.8 Å². The smallest absolute Gasteiger partial charge is 0.266 e. The number of alkyl halides is 1. The number of anilines is 1. The predicted octanol–water partition coefficient (Wildman–Crippen LogP) is 4.42. The van der Waals surface area contributed by atoms with E-state index in [-0.39, 0.29) is 5.91 Å². The zero-order valence-corrected chi connectivity index (χ0v) is 15.3. The minimum Gasteiger partial charge on any atom is -0.479 e. The van der Waals surface area contributed by atoms with Crippen LogP contribution in [0.5, 0.6) is 5.75 Å². The molecule has 1 heterocycles. The van der Waals surface area contributed by atoms with Crippen LogP contribution in [0.1, 0.15) is 18.4 Å². The Labute approximate surface area is 152 Å². The zero-order valence-electron chi connectivity index (χ0n) is 12.2. The Morgan fingerprint density at radius 2 is 2.17 bits per heavy atom. The summed E-state index contributed by atoms with van der Waals surface area (Å²) in [5, 5.41) is 12.7. The second kappa shape index (κ2) is 8.68. The number of carbonyl (C=O) groups excluding carboxylic acids is 1. The topological polar surface area (TPSA) is 64.1 Å². The Hall–Kier alpha value is -1.08. The molecule has 5 nitrogen and oxygen atoms in total. The van der Waals surface area contributed by atoms with Crippen LogP contribution in [-0.2, 0) is 11.2 Å². The first kappa shape index (κ1) is 18.3. The lowest BCUT2D eigenvalue weighted by molar-refractivity contribution is -0.122. The van der Waals surface area contributed by atoms with Gasteiger partial charge in [0.2, 0.25) is 5.13 Å². The molecule has 2 rings (SSSR count). The molecule has 0 aliphatic heterocycles. The Balaban J connectivity index is 1.93. The largest absolute Gasteiger partial charge is 0.479 e. The molecule has 124 valence electrons. The summed E-state index contributed by atoms with van der Waals surface area (Å²) < 4.78 is 5.54. The summed E-state index contributed by atoms with van der Waals surface area (Å²) in [5.41, 5.74) is 0. The van der Waals surface area contributed by atoms with Crippen LogP contribution in [0.2, 0.25) is 10.0 Å². The number of nitrogens with one attached hydrogen (secondary N) is 1. The zero-order chi connectivity index (χ0) is 16.8. The first-order valence-corrected chi connectivity index (χ1v) is 8.91. The fourth-order valence-electron chi connectivity index (χ4n) is 1.64. The van der Waals surface area contributed by atoms with E-state index in [4.69, 9.17) is 39.5 Å². The van der Waals surface area contributed by atoms with Crippen LogP contribution >= 0.6 is 46.1 Å². The molecule has 1 atom stereocenters. The van der Waals surface area contributed by atoms with Gasteiger partial charge in [-0.25, -0.2) is 0 Å². The maximum Gasteiger partial charge on any atom is 0.266 e. The summed E-state index contributed by atoms with van der Waals surface area (Å²) >= 11 is 18.8. The van der Waals surface area contributed by atoms with Crippen molar-refractivity contribution in [3.63, 3.8) is 0 Å². The van der Waals surface area contributed by atoms with Crippen molar-refractivity contribution >= 4 is 57.2 Å². The molecule has 0 fully saturated rings. The maximum absolute atomic E-state index is 12.1. The van der Waals surface area contributed by atoms with Crippen LogP contribution < -0.4 is 10.1 Å². The van der Waals surface area contributed by atoms with Crippen molar-refractivity contribution < 1.29 is 9.53 Å². The molecule has 1 aromatic heterocycles. The van der Waals surface area contributed by atoms with Crippen LogP contribution in [0.3, 0.4) is 0 Å². The molecule has 0 spiro atoms. The second-order valence-corrected chi connectivity index (χ2v) is 6.90. The van der Waals surface area contributed by atoms with Gasteiger partial charge in [-0.2, -0.15) is 0 Å². The van der Waals surface area contributed by atoms with Crippen molar-refractivity contribution in [3.8, 4) is 5.75 Å². The van der Waals surface area contributed by atoms with Gasteiger partial charge in [0, 0.05) is 17.3 Å². The van der Waals surface area contributed by atoms with Gasteiger partial charge in [-0.05, 0) is 31.5 Å². The third-order valence-corrected chi connectivity index (χ3v) is 4.48. The van der Waals surface area contributed by atoms with Crippen LogP contribution in [-0.4, -0.2) is 28.1 Å². The van der Waals surface area contributed by atoms with Crippen LogP contribution in [0.15, 0.2) is 18.2 Å². The van der Waals surface area contributed by atoms with Crippen molar-refractivity contribution in [2.75, 3.05) is 11.2 Å². The Bertz CT molecular complexity index is 681. The number of carbonyl (C=O) groups is 1. The van der Waals surface area contributed by atoms with Crippen molar-refractivity contribution in [2.24, 2.45) is 0 Å². The van der Waals surface area contributed by atoms with Gasteiger partial charge in [-0.1, -0.05) is 34.5 Å².